The lowest BCUT2D eigenvalue weighted by Crippen LogP contribution is -2.61. The van der Waals surface area contributed by atoms with Crippen molar-refractivity contribution >= 4 is 48.1 Å². The van der Waals surface area contributed by atoms with Gasteiger partial charge in [0.15, 0.2) is 0 Å². The lowest BCUT2D eigenvalue weighted by atomic mass is 10.1. The zero-order chi connectivity index (χ0) is 31.4. The second-order valence-corrected chi connectivity index (χ2v) is 9.64. The van der Waals surface area contributed by atoms with Crippen LogP contribution in [-0.2, 0) is 41.6 Å². The van der Waals surface area contributed by atoms with Gasteiger partial charge in [0.1, 0.15) is 24.2 Å². The van der Waals surface area contributed by atoms with E-state index in [1.165, 1.54) is 32.0 Å². The first kappa shape index (κ1) is 33.7. The van der Waals surface area contributed by atoms with E-state index in [1.807, 2.05) is 0 Å². The van der Waals surface area contributed by atoms with Crippen LogP contribution in [-0.4, -0.2) is 108 Å². The molecule has 2 rings (SSSR count). The van der Waals surface area contributed by atoms with Crippen molar-refractivity contribution in [2.24, 2.45) is 11.5 Å². The molecule has 42 heavy (non-hydrogen) atoms. The molecule has 18 nitrogen and oxygen atoms in total. The van der Waals surface area contributed by atoms with E-state index in [0.717, 1.165) is 0 Å². The van der Waals surface area contributed by atoms with Gasteiger partial charge in [-0.3, -0.25) is 24.0 Å². The van der Waals surface area contributed by atoms with E-state index >= 15 is 0 Å². The number of aromatic amines is 2. The Morgan fingerprint density at radius 1 is 0.857 bits per heavy atom. The van der Waals surface area contributed by atoms with Crippen LogP contribution in [0.5, 0.6) is 0 Å². The maximum atomic E-state index is 13.3. The molecule has 0 unspecified atom stereocenters. The van der Waals surface area contributed by atoms with Crippen LogP contribution in [0.1, 0.15) is 24.7 Å². The first-order chi connectivity index (χ1) is 19.8. The molecule has 5 amide bonds. The fourth-order valence-corrected chi connectivity index (χ4v) is 3.88. The van der Waals surface area contributed by atoms with Crippen molar-refractivity contribution in [2.45, 2.75) is 62.5 Å². The zero-order valence-corrected chi connectivity index (χ0v) is 23.3. The standard InChI is InChI=1S/C23H34N10O8S/c1-10(34)18(22(39)32-16(7-42)21(38)31-15(23(40)41)4-17(25)35)33-20(37)14(3-12-6-27-9-29-12)30-19(36)13(24)2-11-5-26-8-28-11/h5-6,8-10,13-16,18,34,42H,2-4,7,24H2,1H3,(H2,25,35)(H,26,28)(H,27,29)(H,30,36)(H,31,38)(H,32,39)(H,33,37)(H,40,41)/t10-,13+,14+,15+,16+,18+/m1/s1. The van der Waals surface area contributed by atoms with Crippen molar-refractivity contribution in [1.82, 2.24) is 41.2 Å². The van der Waals surface area contributed by atoms with Gasteiger partial charge in [-0.2, -0.15) is 12.6 Å². The predicted octanol–water partition coefficient (Wildman–Crippen LogP) is -4.54. The number of H-pyrrole nitrogens is 2. The number of carbonyl (C=O) groups is 6. The number of amides is 5. The Kier molecular flexibility index (Phi) is 12.9. The molecule has 6 atom stereocenters. The smallest absolute Gasteiger partial charge is 0.326 e. The second-order valence-electron chi connectivity index (χ2n) is 9.27. The van der Waals surface area contributed by atoms with E-state index < -0.39 is 78.2 Å². The van der Waals surface area contributed by atoms with Crippen LogP contribution in [0.15, 0.2) is 25.0 Å². The highest BCUT2D eigenvalue weighted by Crippen LogP contribution is 2.05. The fraction of sp³-hybridized carbons (Fsp3) is 0.478. The summed E-state index contributed by atoms with van der Waals surface area (Å²) in [5, 5.41) is 28.7. The quantitative estimate of drug-likeness (QED) is 0.0758. The van der Waals surface area contributed by atoms with Crippen LogP contribution < -0.4 is 32.7 Å². The van der Waals surface area contributed by atoms with Gasteiger partial charge in [-0.1, -0.05) is 0 Å². The number of hydrogen-bond donors (Lipinski definition) is 11. The number of nitrogens with zero attached hydrogens (tertiary/aromatic N) is 2. The summed E-state index contributed by atoms with van der Waals surface area (Å²) in [5.74, 6) is -6.39. The number of hydrogen-bond acceptors (Lipinski definition) is 11. The molecular formula is C23H34N10O8S. The number of carboxylic acid groups (broad SMARTS) is 1. The molecule has 0 spiro atoms. The average Bonchev–Trinajstić information content (AvgIpc) is 3.63. The monoisotopic (exact) mass is 610 g/mol. The number of nitrogens with two attached hydrogens (primary N) is 2. The molecule has 0 aliphatic heterocycles. The highest BCUT2D eigenvalue weighted by molar-refractivity contribution is 7.80. The second kappa shape index (κ2) is 16.1. The SMILES string of the molecule is C[C@@H](O)[C@H](NC(=O)[C@H](Cc1cnc[nH]1)NC(=O)[C@@H](N)Cc1cnc[nH]1)C(=O)N[C@@H](CS)C(=O)N[C@@H](CC(N)=O)C(=O)O. The molecule has 230 valence electrons. The molecule has 0 bridgehead atoms. The number of thiol groups is 1. The van der Waals surface area contributed by atoms with Crippen molar-refractivity contribution in [3.05, 3.63) is 36.4 Å². The predicted molar refractivity (Wildman–Crippen MR) is 147 cm³/mol. The van der Waals surface area contributed by atoms with Gasteiger partial charge in [-0.15, -0.1) is 0 Å². The molecule has 0 saturated heterocycles. The van der Waals surface area contributed by atoms with Gasteiger partial charge in [-0.05, 0) is 6.92 Å². The third-order valence-electron chi connectivity index (χ3n) is 5.84. The van der Waals surface area contributed by atoms with E-state index in [1.54, 1.807) is 0 Å². The number of carbonyl (C=O) groups excluding carboxylic acids is 5. The van der Waals surface area contributed by atoms with Crippen molar-refractivity contribution < 1.29 is 39.0 Å². The van der Waals surface area contributed by atoms with Gasteiger partial charge in [0.25, 0.3) is 0 Å². The molecule has 0 radical (unpaired) electrons. The number of primary amides is 1. The van der Waals surface area contributed by atoms with Crippen LogP contribution in [0.4, 0.5) is 0 Å². The van der Waals surface area contributed by atoms with Crippen LogP contribution in [0.2, 0.25) is 0 Å². The molecule has 0 aliphatic rings. The fourth-order valence-electron chi connectivity index (χ4n) is 3.62. The number of aliphatic hydroxyl groups excluding tert-OH is 1. The number of aliphatic carboxylic acids is 1. The first-order valence-electron chi connectivity index (χ1n) is 12.5. The van der Waals surface area contributed by atoms with Gasteiger partial charge in [-0.25, -0.2) is 14.8 Å². The van der Waals surface area contributed by atoms with Crippen LogP contribution in [0.25, 0.3) is 0 Å². The van der Waals surface area contributed by atoms with Gasteiger partial charge < -0.3 is 52.9 Å². The van der Waals surface area contributed by atoms with Crippen LogP contribution >= 0.6 is 12.6 Å². The Balaban J connectivity index is 2.14. The number of aromatic nitrogens is 4. The van der Waals surface area contributed by atoms with Gasteiger partial charge >= 0.3 is 5.97 Å². The zero-order valence-electron chi connectivity index (χ0n) is 22.4. The molecule has 19 heteroatoms. The largest absolute Gasteiger partial charge is 0.480 e. The molecule has 0 saturated carbocycles. The summed E-state index contributed by atoms with van der Waals surface area (Å²) in [6.45, 7) is 1.20. The molecule has 2 heterocycles. The van der Waals surface area contributed by atoms with Crippen LogP contribution in [0.3, 0.4) is 0 Å². The molecule has 0 aromatic carbocycles. The van der Waals surface area contributed by atoms with Gasteiger partial charge in [0.05, 0.1) is 31.2 Å². The van der Waals surface area contributed by atoms with Gasteiger partial charge in [0.2, 0.25) is 29.5 Å². The molecule has 0 fully saturated rings. The number of rotatable bonds is 17. The summed E-state index contributed by atoms with van der Waals surface area (Å²) in [5.41, 5.74) is 12.0. The Bertz CT molecular complexity index is 1220. The molecule has 2 aromatic heterocycles. The first-order valence-corrected chi connectivity index (χ1v) is 13.2. The minimum absolute atomic E-state index is 0.0827. The summed E-state index contributed by atoms with van der Waals surface area (Å²) in [4.78, 5) is 87.5. The number of aliphatic hydroxyl groups is 1. The maximum Gasteiger partial charge on any atom is 0.326 e. The Morgan fingerprint density at radius 3 is 1.86 bits per heavy atom. The summed E-state index contributed by atoms with van der Waals surface area (Å²) in [6, 6.07) is -7.03. The van der Waals surface area contributed by atoms with Gasteiger partial charge in [0, 0.05) is 42.4 Å². The van der Waals surface area contributed by atoms with Crippen molar-refractivity contribution in [1.29, 1.82) is 0 Å². The minimum Gasteiger partial charge on any atom is -0.480 e. The number of imidazole rings is 2. The van der Waals surface area contributed by atoms with Crippen molar-refractivity contribution in [2.75, 3.05) is 5.75 Å². The highest BCUT2D eigenvalue weighted by atomic mass is 32.1. The van der Waals surface area contributed by atoms with E-state index in [-0.39, 0.29) is 18.6 Å². The highest BCUT2D eigenvalue weighted by Gasteiger charge is 2.34. The maximum absolute atomic E-state index is 13.3. The summed E-state index contributed by atoms with van der Waals surface area (Å²) in [7, 11) is 0. The van der Waals surface area contributed by atoms with Crippen molar-refractivity contribution in [3.63, 3.8) is 0 Å². The average molecular weight is 611 g/mol. The summed E-state index contributed by atoms with van der Waals surface area (Å²) >= 11 is 3.99. The Hall–Kier alpha value is -4.49. The molecule has 12 N–H and O–H groups in total. The molecule has 0 aliphatic carbocycles. The van der Waals surface area contributed by atoms with E-state index in [2.05, 4.69) is 53.8 Å². The molecule has 2 aromatic rings. The van der Waals surface area contributed by atoms with E-state index in [9.17, 15) is 39.0 Å². The Labute approximate surface area is 244 Å². The third-order valence-corrected chi connectivity index (χ3v) is 6.21. The topological polar surface area (TPSA) is 300 Å². The summed E-state index contributed by atoms with van der Waals surface area (Å²) in [6.07, 6.45) is 3.53. The lowest BCUT2D eigenvalue weighted by molar-refractivity contribution is -0.143. The van der Waals surface area contributed by atoms with E-state index in [4.69, 9.17) is 11.5 Å². The minimum atomic E-state index is -1.66. The van der Waals surface area contributed by atoms with E-state index in [0.29, 0.717) is 11.4 Å². The lowest BCUT2D eigenvalue weighted by Gasteiger charge is -2.27. The van der Waals surface area contributed by atoms with Crippen molar-refractivity contribution in [3.8, 4) is 0 Å². The summed E-state index contributed by atoms with van der Waals surface area (Å²) < 4.78 is 0. The number of nitrogens with one attached hydrogen (secondary N) is 6. The Morgan fingerprint density at radius 2 is 1.38 bits per heavy atom. The normalized spacial score (nSPS) is 15.2. The third kappa shape index (κ3) is 10.5. The molecular weight excluding hydrogens is 576 g/mol. The number of carboxylic acids is 1. The van der Waals surface area contributed by atoms with Crippen LogP contribution in [0, 0.1) is 0 Å².